The molecule has 0 spiro atoms. The minimum absolute atomic E-state index is 0.0458. The monoisotopic (exact) mass is 255 g/mol. The maximum atomic E-state index is 11.6. The number of amides is 1. The fourth-order valence-electron chi connectivity index (χ4n) is 1.55. The van der Waals surface area contributed by atoms with Gasteiger partial charge in [-0.25, -0.2) is 0 Å². The fourth-order valence-corrected chi connectivity index (χ4v) is 1.68. The molecule has 0 bridgehead atoms. The van der Waals surface area contributed by atoms with Crippen molar-refractivity contribution in [2.75, 3.05) is 20.3 Å². The van der Waals surface area contributed by atoms with Gasteiger partial charge >= 0.3 is 0 Å². The van der Waals surface area contributed by atoms with Gasteiger partial charge in [-0.2, -0.15) is 0 Å². The number of hydrogen-bond acceptors (Lipinski definition) is 2. The molecule has 1 aromatic rings. The van der Waals surface area contributed by atoms with Crippen LogP contribution in [0.5, 0.6) is 0 Å². The molecule has 0 heterocycles. The second kappa shape index (κ2) is 7.30. The molecule has 3 nitrogen and oxygen atoms in total. The molecule has 0 aliphatic heterocycles. The highest BCUT2D eigenvalue weighted by Gasteiger charge is 2.10. The first-order valence-corrected chi connectivity index (χ1v) is 6.02. The molecular weight excluding hydrogens is 238 g/mol. The van der Waals surface area contributed by atoms with Crippen molar-refractivity contribution in [2.24, 2.45) is 0 Å². The smallest absolute Gasteiger partial charge is 0.220 e. The molecule has 0 aliphatic rings. The Morgan fingerprint density at radius 1 is 1.41 bits per heavy atom. The predicted molar refractivity (Wildman–Crippen MR) is 69.4 cm³/mol. The lowest BCUT2D eigenvalue weighted by atomic mass is 9.97. The molecule has 1 atom stereocenters. The van der Waals surface area contributed by atoms with Crippen molar-refractivity contribution in [3.05, 3.63) is 34.9 Å². The van der Waals surface area contributed by atoms with E-state index < -0.39 is 0 Å². The van der Waals surface area contributed by atoms with Crippen molar-refractivity contribution < 1.29 is 9.53 Å². The molecule has 0 saturated heterocycles. The summed E-state index contributed by atoms with van der Waals surface area (Å²) in [6.45, 7) is 3.13. The zero-order chi connectivity index (χ0) is 12.7. The lowest BCUT2D eigenvalue weighted by molar-refractivity contribution is -0.121. The zero-order valence-corrected chi connectivity index (χ0v) is 11.0. The lowest BCUT2D eigenvalue weighted by Gasteiger charge is -2.12. The van der Waals surface area contributed by atoms with Gasteiger partial charge in [0.05, 0.1) is 6.61 Å². The minimum Gasteiger partial charge on any atom is -0.383 e. The fraction of sp³-hybridized carbons (Fsp3) is 0.462. The Bertz CT molecular complexity index is 351. The van der Waals surface area contributed by atoms with Gasteiger partial charge in [-0.3, -0.25) is 4.79 Å². The normalized spacial score (nSPS) is 12.2. The van der Waals surface area contributed by atoms with Crippen LogP contribution >= 0.6 is 11.6 Å². The van der Waals surface area contributed by atoms with Crippen molar-refractivity contribution in [1.29, 1.82) is 0 Å². The van der Waals surface area contributed by atoms with Crippen LogP contribution in [0.3, 0.4) is 0 Å². The molecule has 0 fully saturated rings. The van der Waals surface area contributed by atoms with Gasteiger partial charge in [0.1, 0.15) is 0 Å². The van der Waals surface area contributed by atoms with Crippen LogP contribution in [0.25, 0.3) is 0 Å². The van der Waals surface area contributed by atoms with E-state index in [1.54, 1.807) is 7.11 Å². The molecule has 0 aromatic heterocycles. The largest absolute Gasteiger partial charge is 0.383 e. The minimum atomic E-state index is 0.0458. The Morgan fingerprint density at radius 2 is 2.06 bits per heavy atom. The molecule has 0 aliphatic carbocycles. The van der Waals surface area contributed by atoms with E-state index in [1.165, 1.54) is 0 Å². The molecular formula is C13H18ClNO2. The average molecular weight is 256 g/mol. The van der Waals surface area contributed by atoms with Gasteiger partial charge in [0.2, 0.25) is 5.91 Å². The van der Waals surface area contributed by atoms with Gasteiger partial charge < -0.3 is 10.1 Å². The highest BCUT2D eigenvalue weighted by atomic mass is 35.5. The summed E-state index contributed by atoms with van der Waals surface area (Å²) in [6.07, 6.45) is 0.478. The summed E-state index contributed by atoms with van der Waals surface area (Å²) in [5.41, 5.74) is 1.12. The predicted octanol–water partition coefficient (Wildman–Crippen LogP) is 2.60. The van der Waals surface area contributed by atoms with Gasteiger partial charge in [-0.05, 0) is 23.6 Å². The van der Waals surface area contributed by atoms with E-state index in [0.29, 0.717) is 24.6 Å². The third-order valence-electron chi connectivity index (χ3n) is 2.56. The third-order valence-corrected chi connectivity index (χ3v) is 2.81. The third kappa shape index (κ3) is 5.20. The number of ether oxygens (including phenoxy) is 1. The van der Waals surface area contributed by atoms with Crippen LogP contribution in [-0.4, -0.2) is 26.2 Å². The molecule has 1 amide bonds. The van der Waals surface area contributed by atoms with Gasteiger partial charge in [0.25, 0.3) is 0 Å². The van der Waals surface area contributed by atoms with E-state index in [9.17, 15) is 4.79 Å². The Kier molecular flexibility index (Phi) is 6.01. The van der Waals surface area contributed by atoms with Crippen molar-refractivity contribution >= 4 is 17.5 Å². The molecule has 1 aromatic carbocycles. The first-order valence-electron chi connectivity index (χ1n) is 5.64. The summed E-state index contributed by atoms with van der Waals surface area (Å²) in [4.78, 5) is 11.6. The number of carbonyl (C=O) groups is 1. The van der Waals surface area contributed by atoms with E-state index >= 15 is 0 Å². The number of rotatable bonds is 6. The molecule has 17 heavy (non-hydrogen) atoms. The van der Waals surface area contributed by atoms with Crippen LogP contribution in [-0.2, 0) is 9.53 Å². The van der Waals surface area contributed by atoms with E-state index in [-0.39, 0.29) is 11.8 Å². The number of benzene rings is 1. The first-order chi connectivity index (χ1) is 8.13. The van der Waals surface area contributed by atoms with Crippen molar-refractivity contribution in [2.45, 2.75) is 19.3 Å². The quantitative estimate of drug-likeness (QED) is 0.794. The Labute approximate surface area is 107 Å². The Balaban J connectivity index is 2.40. The maximum absolute atomic E-state index is 11.6. The lowest BCUT2D eigenvalue weighted by Crippen LogP contribution is -2.27. The van der Waals surface area contributed by atoms with Gasteiger partial charge in [0.15, 0.2) is 0 Å². The summed E-state index contributed by atoms with van der Waals surface area (Å²) in [5, 5.41) is 3.52. The molecule has 0 radical (unpaired) electrons. The summed E-state index contributed by atoms with van der Waals surface area (Å²) in [7, 11) is 1.61. The van der Waals surface area contributed by atoms with Crippen LogP contribution in [0.15, 0.2) is 24.3 Å². The second-order valence-corrected chi connectivity index (χ2v) is 4.44. The standard InChI is InChI=1S/C13H18ClNO2/c1-10(9-13(16)15-7-8-17-2)11-3-5-12(14)6-4-11/h3-6,10H,7-9H2,1-2H3,(H,15,16). The number of carbonyl (C=O) groups excluding carboxylic acids is 1. The van der Waals surface area contributed by atoms with Crippen molar-refractivity contribution in [3.8, 4) is 0 Å². The summed E-state index contributed by atoms with van der Waals surface area (Å²) >= 11 is 5.81. The number of halogens is 1. The van der Waals surface area contributed by atoms with Gasteiger partial charge in [-0.15, -0.1) is 0 Å². The number of methoxy groups -OCH3 is 1. The van der Waals surface area contributed by atoms with Crippen molar-refractivity contribution in [1.82, 2.24) is 5.32 Å². The van der Waals surface area contributed by atoms with Gasteiger partial charge in [-0.1, -0.05) is 30.7 Å². The number of nitrogens with one attached hydrogen (secondary N) is 1. The molecule has 94 valence electrons. The molecule has 0 saturated carbocycles. The van der Waals surface area contributed by atoms with E-state index in [1.807, 2.05) is 31.2 Å². The molecule has 1 unspecified atom stereocenters. The summed E-state index contributed by atoms with van der Waals surface area (Å²) < 4.78 is 4.87. The average Bonchev–Trinajstić information content (AvgIpc) is 2.30. The van der Waals surface area contributed by atoms with Crippen LogP contribution in [0.1, 0.15) is 24.8 Å². The molecule has 1 rings (SSSR count). The van der Waals surface area contributed by atoms with E-state index in [0.717, 1.165) is 5.56 Å². The molecule has 4 heteroatoms. The zero-order valence-electron chi connectivity index (χ0n) is 10.2. The van der Waals surface area contributed by atoms with E-state index in [4.69, 9.17) is 16.3 Å². The van der Waals surface area contributed by atoms with Crippen LogP contribution < -0.4 is 5.32 Å². The topological polar surface area (TPSA) is 38.3 Å². The summed E-state index contributed by atoms with van der Waals surface area (Å²) in [5.74, 6) is 0.235. The second-order valence-electron chi connectivity index (χ2n) is 4.00. The highest BCUT2D eigenvalue weighted by Crippen LogP contribution is 2.20. The maximum Gasteiger partial charge on any atom is 0.220 e. The van der Waals surface area contributed by atoms with Crippen LogP contribution in [0.2, 0.25) is 5.02 Å². The SMILES string of the molecule is COCCNC(=O)CC(C)c1ccc(Cl)cc1. The Morgan fingerprint density at radius 3 is 2.65 bits per heavy atom. The van der Waals surface area contributed by atoms with Crippen LogP contribution in [0.4, 0.5) is 0 Å². The van der Waals surface area contributed by atoms with E-state index in [2.05, 4.69) is 5.32 Å². The number of hydrogen-bond donors (Lipinski definition) is 1. The van der Waals surface area contributed by atoms with Gasteiger partial charge in [0, 0.05) is 25.1 Å². The molecule has 1 N–H and O–H groups in total. The first kappa shape index (κ1) is 14.0. The highest BCUT2D eigenvalue weighted by molar-refractivity contribution is 6.30. The Hall–Kier alpha value is -1.06. The van der Waals surface area contributed by atoms with Crippen molar-refractivity contribution in [3.63, 3.8) is 0 Å². The summed E-state index contributed by atoms with van der Waals surface area (Å²) in [6, 6.07) is 7.59. The van der Waals surface area contributed by atoms with Crippen LogP contribution in [0, 0.1) is 0 Å².